The van der Waals surface area contributed by atoms with Crippen LogP contribution in [0, 0.1) is 6.92 Å². The molecule has 4 aromatic rings. The van der Waals surface area contributed by atoms with Crippen LogP contribution in [0.3, 0.4) is 0 Å². The third-order valence-electron chi connectivity index (χ3n) is 4.63. The van der Waals surface area contributed by atoms with Gasteiger partial charge >= 0.3 is 0 Å². The summed E-state index contributed by atoms with van der Waals surface area (Å²) < 4.78 is 2.06. The third-order valence-corrected chi connectivity index (χ3v) is 4.63. The normalized spacial score (nSPS) is 11.0. The number of ketones is 1. The molecule has 1 heterocycles. The molecule has 3 heteroatoms. The Morgan fingerprint density at radius 1 is 0.962 bits per heavy atom. The van der Waals surface area contributed by atoms with Gasteiger partial charge in [0.05, 0.1) is 11.0 Å². The summed E-state index contributed by atoms with van der Waals surface area (Å²) in [5, 5.41) is 0. The number of nitrogens with zero attached hydrogens (tertiary/aromatic N) is 2. The standard InChI is InChI=1S/C23H20N2O/c1-17-6-5-9-20(14-17)25-16-24-21-15-19(11-12-22(21)25)23(26)13-10-18-7-3-2-4-8-18/h2-9,11-12,14-16H,10,13H2,1H3. The molecule has 0 aliphatic carbocycles. The van der Waals surface area contributed by atoms with Gasteiger partial charge in [0, 0.05) is 17.7 Å². The van der Waals surface area contributed by atoms with Crippen molar-refractivity contribution < 1.29 is 4.79 Å². The van der Waals surface area contributed by atoms with Crippen molar-refractivity contribution >= 4 is 16.8 Å². The summed E-state index contributed by atoms with van der Waals surface area (Å²) in [5.41, 5.74) is 6.05. The fraction of sp³-hybridized carbons (Fsp3) is 0.130. The summed E-state index contributed by atoms with van der Waals surface area (Å²) in [5.74, 6) is 0.154. The van der Waals surface area contributed by atoms with Crippen molar-refractivity contribution in [3.05, 3.63) is 95.8 Å². The highest BCUT2D eigenvalue weighted by molar-refractivity contribution is 5.99. The van der Waals surface area contributed by atoms with Crippen molar-refractivity contribution in [1.82, 2.24) is 9.55 Å². The van der Waals surface area contributed by atoms with Gasteiger partial charge in [-0.15, -0.1) is 0 Å². The Kier molecular flexibility index (Phi) is 4.36. The second-order valence-corrected chi connectivity index (χ2v) is 6.57. The van der Waals surface area contributed by atoms with Crippen molar-refractivity contribution in [1.29, 1.82) is 0 Å². The molecule has 26 heavy (non-hydrogen) atoms. The second kappa shape index (κ2) is 6.96. The largest absolute Gasteiger partial charge is 0.299 e. The molecule has 0 bridgehead atoms. The van der Waals surface area contributed by atoms with Crippen LogP contribution in [0.15, 0.2) is 79.1 Å². The maximum Gasteiger partial charge on any atom is 0.163 e. The number of Topliss-reactive ketones (excluding diaryl/α,β-unsaturated/α-hetero) is 1. The molecule has 128 valence electrons. The van der Waals surface area contributed by atoms with Gasteiger partial charge in [-0.2, -0.15) is 0 Å². The molecule has 0 spiro atoms. The SMILES string of the molecule is Cc1cccc(-n2cnc3cc(C(=O)CCc4ccccc4)ccc32)c1. The molecule has 0 saturated carbocycles. The second-order valence-electron chi connectivity index (χ2n) is 6.57. The van der Waals surface area contributed by atoms with Crippen LogP contribution in [-0.4, -0.2) is 15.3 Å². The third kappa shape index (κ3) is 3.29. The summed E-state index contributed by atoms with van der Waals surface area (Å²) in [6.45, 7) is 2.08. The number of aromatic nitrogens is 2. The zero-order valence-corrected chi connectivity index (χ0v) is 14.7. The van der Waals surface area contributed by atoms with Crippen LogP contribution in [0.2, 0.25) is 0 Å². The first-order chi connectivity index (χ1) is 12.7. The minimum atomic E-state index is 0.154. The number of benzene rings is 3. The lowest BCUT2D eigenvalue weighted by molar-refractivity contribution is 0.0983. The zero-order chi connectivity index (χ0) is 17.9. The maximum absolute atomic E-state index is 12.5. The molecule has 0 aliphatic rings. The van der Waals surface area contributed by atoms with Crippen molar-refractivity contribution in [3.63, 3.8) is 0 Å². The number of carbonyl (C=O) groups is 1. The van der Waals surface area contributed by atoms with E-state index in [1.54, 1.807) is 0 Å². The highest BCUT2D eigenvalue weighted by atomic mass is 16.1. The predicted molar refractivity (Wildman–Crippen MR) is 105 cm³/mol. The average Bonchev–Trinajstić information content (AvgIpc) is 3.10. The van der Waals surface area contributed by atoms with E-state index in [2.05, 4.69) is 46.8 Å². The minimum absolute atomic E-state index is 0.154. The average molecular weight is 340 g/mol. The molecule has 0 amide bonds. The van der Waals surface area contributed by atoms with Crippen LogP contribution in [0.4, 0.5) is 0 Å². The van der Waals surface area contributed by atoms with Crippen LogP contribution in [-0.2, 0) is 6.42 Å². The number of imidazole rings is 1. The van der Waals surface area contributed by atoms with Crippen LogP contribution < -0.4 is 0 Å². The Bertz CT molecular complexity index is 1060. The molecule has 0 aliphatic heterocycles. The van der Waals surface area contributed by atoms with Gasteiger partial charge in [-0.1, -0.05) is 42.5 Å². The molecule has 4 rings (SSSR count). The molecule has 0 radical (unpaired) electrons. The first kappa shape index (κ1) is 16.3. The first-order valence-corrected chi connectivity index (χ1v) is 8.82. The van der Waals surface area contributed by atoms with Crippen molar-refractivity contribution in [2.24, 2.45) is 0 Å². The predicted octanol–water partition coefficient (Wildman–Crippen LogP) is 5.15. The molecule has 3 aromatic carbocycles. The van der Waals surface area contributed by atoms with Gasteiger partial charge in [0.25, 0.3) is 0 Å². The Morgan fingerprint density at radius 2 is 1.81 bits per heavy atom. The summed E-state index contributed by atoms with van der Waals surface area (Å²) in [6.07, 6.45) is 3.08. The van der Waals surface area contributed by atoms with E-state index in [0.717, 1.165) is 28.7 Å². The summed E-state index contributed by atoms with van der Waals surface area (Å²) >= 11 is 0. The van der Waals surface area contributed by atoms with Gasteiger partial charge < -0.3 is 0 Å². The summed E-state index contributed by atoms with van der Waals surface area (Å²) in [7, 11) is 0. The lowest BCUT2D eigenvalue weighted by Crippen LogP contribution is -2.01. The molecule has 0 saturated heterocycles. The number of hydrogen-bond acceptors (Lipinski definition) is 2. The number of aryl methyl sites for hydroxylation is 2. The maximum atomic E-state index is 12.5. The quantitative estimate of drug-likeness (QED) is 0.471. The molecule has 0 N–H and O–H groups in total. The lowest BCUT2D eigenvalue weighted by Gasteiger charge is -2.06. The fourth-order valence-electron chi connectivity index (χ4n) is 3.22. The van der Waals surface area contributed by atoms with Gasteiger partial charge in [-0.05, 0) is 54.8 Å². The Morgan fingerprint density at radius 3 is 2.62 bits per heavy atom. The van der Waals surface area contributed by atoms with Crippen LogP contribution in [0.1, 0.15) is 27.9 Å². The van der Waals surface area contributed by atoms with E-state index in [1.807, 2.05) is 48.8 Å². The van der Waals surface area contributed by atoms with E-state index < -0.39 is 0 Å². The van der Waals surface area contributed by atoms with E-state index >= 15 is 0 Å². The highest BCUT2D eigenvalue weighted by Crippen LogP contribution is 2.21. The Labute approximate surface area is 152 Å². The van der Waals surface area contributed by atoms with Gasteiger partial charge in [0.1, 0.15) is 6.33 Å². The van der Waals surface area contributed by atoms with Gasteiger partial charge in [0.15, 0.2) is 5.78 Å². The van der Waals surface area contributed by atoms with Gasteiger partial charge in [0.2, 0.25) is 0 Å². The number of fused-ring (bicyclic) bond motifs is 1. The Hall–Kier alpha value is -3.20. The van der Waals surface area contributed by atoms with E-state index in [1.165, 1.54) is 11.1 Å². The molecule has 0 atom stereocenters. The highest BCUT2D eigenvalue weighted by Gasteiger charge is 2.10. The first-order valence-electron chi connectivity index (χ1n) is 8.82. The molecule has 0 unspecified atom stereocenters. The summed E-state index contributed by atoms with van der Waals surface area (Å²) in [4.78, 5) is 17.0. The van der Waals surface area contributed by atoms with Crippen molar-refractivity contribution in [3.8, 4) is 5.69 Å². The van der Waals surface area contributed by atoms with Gasteiger partial charge in [-0.3, -0.25) is 9.36 Å². The monoisotopic (exact) mass is 340 g/mol. The molecule has 1 aromatic heterocycles. The van der Waals surface area contributed by atoms with E-state index in [9.17, 15) is 4.79 Å². The number of carbonyl (C=O) groups excluding carboxylic acids is 1. The van der Waals surface area contributed by atoms with Gasteiger partial charge in [-0.25, -0.2) is 4.98 Å². The smallest absolute Gasteiger partial charge is 0.163 e. The fourth-order valence-corrected chi connectivity index (χ4v) is 3.22. The number of rotatable bonds is 5. The van der Waals surface area contributed by atoms with Crippen molar-refractivity contribution in [2.75, 3.05) is 0 Å². The zero-order valence-electron chi connectivity index (χ0n) is 14.7. The Balaban J connectivity index is 1.57. The van der Waals surface area contributed by atoms with Crippen LogP contribution >= 0.6 is 0 Å². The molecular weight excluding hydrogens is 320 g/mol. The van der Waals surface area contributed by atoms with Crippen molar-refractivity contribution in [2.45, 2.75) is 19.8 Å². The molecule has 3 nitrogen and oxygen atoms in total. The van der Waals surface area contributed by atoms with E-state index in [0.29, 0.717) is 6.42 Å². The van der Waals surface area contributed by atoms with Crippen LogP contribution in [0.25, 0.3) is 16.7 Å². The molecular formula is C23H20N2O. The van der Waals surface area contributed by atoms with E-state index in [-0.39, 0.29) is 5.78 Å². The summed E-state index contributed by atoms with van der Waals surface area (Å²) in [6, 6.07) is 24.2. The topological polar surface area (TPSA) is 34.9 Å². The van der Waals surface area contributed by atoms with E-state index in [4.69, 9.17) is 0 Å². The number of hydrogen-bond donors (Lipinski definition) is 0. The van der Waals surface area contributed by atoms with Crippen LogP contribution in [0.5, 0.6) is 0 Å². The minimum Gasteiger partial charge on any atom is -0.299 e. The molecule has 0 fully saturated rings. The lowest BCUT2D eigenvalue weighted by atomic mass is 10.0.